The number of piperidine rings is 1. The van der Waals surface area contributed by atoms with Gasteiger partial charge in [0.2, 0.25) is 5.88 Å². The van der Waals surface area contributed by atoms with Gasteiger partial charge in [-0.2, -0.15) is 0 Å². The van der Waals surface area contributed by atoms with E-state index in [2.05, 4.69) is 4.98 Å². The third kappa shape index (κ3) is 3.91. The van der Waals surface area contributed by atoms with Gasteiger partial charge in [-0.05, 0) is 25.0 Å². The van der Waals surface area contributed by atoms with E-state index in [0.717, 1.165) is 0 Å². The molecule has 1 amide bonds. The molecule has 0 saturated carbocycles. The lowest BCUT2D eigenvalue weighted by molar-refractivity contribution is -0.145. The first-order valence-corrected chi connectivity index (χ1v) is 6.73. The van der Waals surface area contributed by atoms with Crippen molar-refractivity contribution in [2.75, 3.05) is 26.8 Å². The van der Waals surface area contributed by atoms with Crippen molar-refractivity contribution in [1.82, 2.24) is 9.88 Å². The van der Waals surface area contributed by atoms with Gasteiger partial charge in [0.15, 0.2) is 0 Å². The molecule has 2 rings (SSSR count). The van der Waals surface area contributed by atoms with Crippen molar-refractivity contribution in [3.63, 3.8) is 0 Å². The van der Waals surface area contributed by atoms with Gasteiger partial charge in [-0.1, -0.05) is 0 Å². The summed E-state index contributed by atoms with van der Waals surface area (Å²) >= 11 is 0. The van der Waals surface area contributed by atoms with Crippen molar-refractivity contribution >= 4 is 11.9 Å². The Bertz CT molecular complexity index is 512. The van der Waals surface area contributed by atoms with Crippen LogP contribution in [0.4, 0.5) is 0 Å². The van der Waals surface area contributed by atoms with E-state index in [1.165, 1.54) is 7.11 Å². The highest BCUT2D eigenvalue weighted by atomic mass is 16.5. The Morgan fingerprint density at radius 3 is 2.76 bits per heavy atom. The molecule has 21 heavy (non-hydrogen) atoms. The minimum Gasteiger partial charge on any atom is -0.480 e. The van der Waals surface area contributed by atoms with E-state index in [-0.39, 0.29) is 18.6 Å². The summed E-state index contributed by atoms with van der Waals surface area (Å²) in [5, 5.41) is 8.58. The molecule has 1 aromatic heterocycles. The molecule has 0 radical (unpaired) electrons. The van der Waals surface area contributed by atoms with Crippen molar-refractivity contribution in [2.24, 2.45) is 0 Å². The predicted molar refractivity (Wildman–Crippen MR) is 73.3 cm³/mol. The van der Waals surface area contributed by atoms with E-state index in [0.29, 0.717) is 37.4 Å². The number of carboxylic acid groups (broad SMARTS) is 1. The molecule has 0 bridgehead atoms. The summed E-state index contributed by atoms with van der Waals surface area (Å²) in [5.74, 6) is -0.794. The fraction of sp³-hybridized carbons (Fsp3) is 0.500. The predicted octanol–water partition coefficient (Wildman–Crippen LogP) is 0.796. The van der Waals surface area contributed by atoms with Crippen molar-refractivity contribution in [3.8, 4) is 5.88 Å². The second kappa shape index (κ2) is 7.03. The second-order valence-electron chi connectivity index (χ2n) is 4.76. The van der Waals surface area contributed by atoms with Gasteiger partial charge < -0.3 is 19.5 Å². The first kappa shape index (κ1) is 15.2. The fourth-order valence-corrected chi connectivity index (χ4v) is 2.30. The molecule has 1 aliphatic heterocycles. The van der Waals surface area contributed by atoms with Gasteiger partial charge in [-0.25, -0.2) is 9.78 Å². The highest BCUT2D eigenvalue weighted by molar-refractivity contribution is 5.96. The number of aromatic nitrogens is 1. The molecule has 1 fully saturated rings. The van der Waals surface area contributed by atoms with Crippen LogP contribution in [0.1, 0.15) is 23.2 Å². The Morgan fingerprint density at radius 2 is 2.14 bits per heavy atom. The lowest BCUT2D eigenvalue weighted by atomic mass is 10.1. The standard InChI is InChI=1S/C14H18N2O5/c1-20-13-11(3-2-6-15-13)14(19)16-7-4-10(5-8-16)21-9-12(17)18/h2-3,6,10H,4-5,7-9H2,1H3,(H,17,18). The average molecular weight is 294 g/mol. The summed E-state index contributed by atoms with van der Waals surface area (Å²) in [7, 11) is 1.48. The van der Waals surface area contributed by atoms with Gasteiger partial charge in [0.25, 0.3) is 5.91 Å². The zero-order chi connectivity index (χ0) is 15.2. The number of nitrogens with zero attached hydrogens (tertiary/aromatic N) is 2. The number of rotatable bonds is 5. The Kier molecular flexibility index (Phi) is 5.10. The number of methoxy groups -OCH3 is 1. The molecule has 114 valence electrons. The first-order chi connectivity index (χ1) is 10.1. The molecule has 1 N–H and O–H groups in total. The fourth-order valence-electron chi connectivity index (χ4n) is 2.30. The van der Waals surface area contributed by atoms with Crippen LogP contribution in [0, 0.1) is 0 Å². The molecule has 7 heteroatoms. The van der Waals surface area contributed by atoms with Gasteiger partial charge in [0.1, 0.15) is 12.2 Å². The molecule has 1 aromatic rings. The number of aliphatic carboxylic acids is 1. The normalized spacial score (nSPS) is 15.8. The van der Waals surface area contributed by atoms with Crippen LogP contribution >= 0.6 is 0 Å². The van der Waals surface area contributed by atoms with Crippen LogP contribution in [0.15, 0.2) is 18.3 Å². The number of hydrogen-bond donors (Lipinski definition) is 1. The second-order valence-corrected chi connectivity index (χ2v) is 4.76. The summed E-state index contributed by atoms with van der Waals surface area (Å²) in [6.45, 7) is 0.761. The third-order valence-electron chi connectivity index (χ3n) is 3.37. The smallest absolute Gasteiger partial charge is 0.329 e. The minimum absolute atomic E-state index is 0.110. The molecular formula is C14H18N2O5. The maximum Gasteiger partial charge on any atom is 0.329 e. The van der Waals surface area contributed by atoms with Crippen LogP contribution in [0.3, 0.4) is 0 Å². The third-order valence-corrected chi connectivity index (χ3v) is 3.37. The minimum atomic E-state index is -0.978. The highest BCUT2D eigenvalue weighted by Crippen LogP contribution is 2.20. The average Bonchev–Trinajstić information content (AvgIpc) is 2.52. The maximum atomic E-state index is 12.4. The van der Waals surface area contributed by atoms with Crippen molar-refractivity contribution < 1.29 is 24.2 Å². The van der Waals surface area contributed by atoms with Crippen molar-refractivity contribution in [3.05, 3.63) is 23.9 Å². The van der Waals surface area contributed by atoms with Crippen LogP contribution in [0.5, 0.6) is 5.88 Å². The summed E-state index contributed by atoms with van der Waals surface area (Å²) in [4.78, 5) is 28.6. The number of likely N-dealkylation sites (tertiary alicyclic amines) is 1. The number of carbonyl (C=O) groups excluding carboxylic acids is 1. The SMILES string of the molecule is COc1ncccc1C(=O)N1CCC(OCC(=O)O)CC1. The Morgan fingerprint density at radius 1 is 1.43 bits per heavy atom. The Balaban J connectivity index is 1.92. The van der Waals surface area contributed by atoms with Crippen molar-refractivity contribution in [1.29, 1.82) is 0 Å². The largest absolute Gasteiger partial charge is 0.480 e. The summed E-state index contributed by atoms with van der Waals surface area (Å²) in [6, 6.07) is 3.37. The molecule has 1 saturated heterocycles. The van der Waals surface area contributed by atoms with Gasteiger partial charge in [-0.15, -0.1) is 0 Å². The number of carbonyl (C=O) groups is 2. The highest BCUT2D eigenvalue weighted by Gasteiger charge is 2.26. The number of carboxylic acids is 1. The number of amides is 1. The van der Waals surface area contributed by atoms with E-state index in [1.54, 1.807) is 23.2 Å². The molecule has 0 spiro atoms. The molecule has 0 atom stereocenters. The van der Waals surface area contributed by atoms with E-state index >= 15 is 0 Å². The van der Waals surface area contributed by atoms with Gasteiger partial charge >= 0.3 is 5.97 Å². The molecule has 2 heterocycles. The summed E-state index contributed by atoms with van der Waals surface area (Å²) < 4.78 is 10.3. The van der Waals surface area contributed by atoms with Crippen LogP contribution in [0.25, 0.3) is 0 Å². The summed E-state index contributed by atoms with van der Waals surface area (Å²) in [6.07, 6.45) is 2.71. The monoisotopic (exact) mass is 294 g/mol. The van der Waals surface area contributed by atoms with Crippen LogP contribution in [-0.2, 0) is 9.53 Å². The quantitative estimate of drug-likeness (QED) is 0.864. The van der Waals surface area contributed by atoms with Crippen LogP contribution in [0.2, 0.25) is 0 Å². The van der Waals surface area contributed by atoms with E-state index < -0.39 is 5.97 Å². The van der Waals surface area contributed by atoms with Crippen LogP contribution < -0.4 is 4.74 Å². The van der Waals surface area contributed by atoms with E-state index in [4.69, 9.17) is 14.6 Å². The zero-order valence-corrected chi connectivity index (χ0v) is 11.8. The molecule has 0 unspecified atom stereocenters. The van der Waals surface area contributed by atoms with E-state index in [1.807, 2.05) is 0 Å². The van der Waals surface area contributed by atoms with Crippen LogP contribution in [-0.4, -0.2) is 59.8 Å². The Hall–Kier alpha value is -2.15. The number of hydrogen-bond acceptors (Lipinski definition) is 5. The van der Waals surface area contributed by atoms with Gasteiger partial charge in [-0.3, -0.25) is 4.79 Å². The van der Waals surface area contributed by atoms with Gasteiger partial charge in [0, 0.05) is 19.3 Å². The topological polar surface area (TPSA) is 89.0 Å². The summed E-state index contributed by atoms with van der Waals surface area (Å²) in [5.41, 5.74) is 0.435. The maximum absolute atomic E-state index is 12.4. The molecule has 0 aliphatic carbocycles. The zero-order valence-electron chi connectivity index (χ0n) is 11.8. The number of ether oxygens (including phenoxy) is 2. The lowest BCUT2D eigenvalue weighted by Gasteiger charge is -2.31. The lowest BCUT2D eigenvalue weighted by Crippen LogP contribution is -2.41. The molecule has 7 nitrogen and oxygen atoms in total. The van der Waals surface area contributed by atoms with Crippen molar-refractivity contribution in [2.45, 2.75) is 18.9 Å². The van der Waals surface area contributed by atoms with Gasteiger partial charge in [0.05, 0.1) is 13.2 Å². The Labute approximate surface area is 122 Å². The van der Waals surface area contributed by atoms with E-state index in [9.17, 15) is 9.59 Å². The first-order valence-electron chi connectivity index (χ1n) is 6.73. The molecular weight excluding hydrogens is 276 g/mol. The molecule has 1 aliphatic rings. The molecule has 0 aromatic carbocycles. The number of pyridine rings is 1.